The van der Waals surface area contributed by atoms with Crippen LogP contribution in [-0.2, 0) is 4.79 Å². The quantitative estimate of drug-likeness (QED) is 0.876. The number of nitrogens with zero attached hydrogens (tertiary/aromatic N) is 1. The van der Waals surface area contributed by atoms with Crippen molar-refractivity contribution in [1.29, 1.82) is 0 Å². The molecule has 1 saturated carbocycles. The molecule has 2 amide bonds. The second-order valence-corrected chi connectivity index (χ2v) is 9.98. The first-order valence-corrected chi connectivity index (χ1v) is 10.2. The lowest BCUT2D eigenvalue weighted by molar-refractivity contribution is -0.127. The molecule has 1 aromatic rings. The molecule has 0 bridgehead atoms. The van der Waals surface area contributed by atoms with Crippen molar-refractivity contribution < 1.29 is 9.59 Å². The van der Waals surface area contributed by atoms with Gasteiger partial charge in [-0.2, -0.15) is 0 Å². The molecule has 25 heavy (non-hydrogen) atoms. The zero-order chi connectivity index (χ0) is 17.8. The van der Waals surface area contributed by atoms with Crippen molar-refractivity contribution in [3.8, 4) is 0 Å². The highest BCUT2D eigenvalue weighted by atomic mass is 32.2. The Bertz CT molecular complexity index is 709. The van der Waals surface area contributed by atoms with Crippen LogP contribution in [0.15, 0.2) is 24.3 Å². The van der Waals surface area contributed by atoms with E-state index < -0.39 is 6.04 Å². The monoisotopic (exact) mass is 358 g/mol. The number of hydrogen-bond donors (Lipinski definition) is 1. The Morgan fingerprint density at radius 1 is 1.20 bits per heavy atom. The topological polar surface area (TPSA) is 49.4 Å². The van der Waals surface area contributed by atoms with Gasteiger partial charge in [0.1, 0.15) is 11.4 Å². The molecule has 5 heteroatoms. The molecule has 1 aromatic carbocycles. The molecule has 1 saturated heterocycles. The van der Waals surface area contributed by atoms with Crippen LogP contribution < -0.4 is 5.32 Å². The van der Waals surface area contributed by atoms with E-state index in [-0.39, 0.29) is 28.0 Å². The van der Waals surface area contributed by atoms with Crippen LogP contribution in [0.2, 0.25) is 0 Å². The molecule has 4 rings (SSSR count). The van der Waals surface area contributed by atoms with Gasteiger partial charge in [-0.3, -0.25) is 9.59 Å². The van der Waals surface area contributed by atoms with Gasteiger partial charge in [0.15, 0.2) is 0 Å². The highest BCUT2D eigenvalue weighted by Crippen LogP contribution is 2.56. The van der Waals surface area contributed by atoms with Crippen LogP contribution in [0.4, 0.5) is 0 Å². The molecule has 1 aliphatic carbocycles. The number of rotatable bonds is 2. The molecule has 4 nitrogen and oxygen atoms in total. The van der Waals surface area contributed by atoms with Crippen molar-refractivity contribution in [2.75, 3.05) is 0 Å². The molecule has 0 aromatic heterocycles. The Balaban J connectivity index is 1.57. The molecule has 134 valence electrons. The summed E-state index contributed by atoms with van der Waals surface area (Å²) in [6.07, 6.45) is 4.44. The minimum Gasteiger partial charge on any atom is -0.352 e. The lowest BCUT2D eigenvalue weighted by Crippen LogP contribution is -2.54. The normalized spacial score (nSPS) is 33.1. The van der Waals surface area contributed by atoms with Crippen LogP contribution in [0.25, 0.3) is 0 Å². The lowest BCUT2D eigenvalue weighted by atomic mass is 9.87. The van der Waals surface area contributed by atoms with E-state index in [0.717, 1.165) is 29.9 Å². The van der Waals surface area contributed by atoms with Gasteiger partial charge in [-0.25, -0.2) is 0 Å². The Labute approximate surface area is 153 Å². The zero-order valence-corrected chi connectivity index (χ0v) is 15.9. The molecular weight excluding hydrogens is 332 g/mol. The fourth-order valence-electron chi connectivity index (χ4n) is 4.49. The highest BCUT2D eigenvalue weighted by Gasteiger charge is 2.57. The summed E-state index contributed by atoms with van der Waals surface area (Å²) in [5.41, 5.74) is 1.80. The third kappa shape index (κ3) is 2.77. The first kappa shape index (κ1) is 17.0. The molecule has 2 unspecified atom stereocenters. The van der Waals surface area contributed by atoms with E-state index in [1.54, 1.807) is 11.8 Å². The number of amides is 2. The number of fused-ring (bicyclic) bond motifs is 3. The lowest BCUT2D eigenvalue weighted by Gasteiger charge is -2.33. The molecule has 2 heterocycles. The summed E-state index contributed by atoms with van der Waals surface area (Å²) < 4.78 is -0.292. The van der Waals surface area contributed by atoms with E-state index in [1.807, 2.05) is 29.2 Å². The summed E-state index contributed by atoms with van der Waals surface area (Å²) in [4.78, 5) is 27.9. The van der Waals surface area contributed by atoms with Gasteiger partial charge < -0.3 is 10.2 Å². The third-order valence-electron chi connectivity index (χ3n) is 5.91. The van der Waals surface area contributed by atoms with Gasteiger partial charge in [-0.15, -0.1) is 11.8 Å². The number of hydrogen-bond acceptors (Lipinski definition) is 3. The van der Waals surface area contributed by atoms with Crippen molar-refractivity contribution in [3.05, 3.63) is 35.4 Å². The zero-order valence-electron chi connectivity index (χ0n) is 15.1. The van der Waals surface area contributed by atoms with E-state index >= 15 is 0 Å². The Kier molecular flexibility index (Phi) is 4.10. The average molecular weight is 359 g/mol. The van der Waals surface area contributed by atoms with Crippen LogP contribution in [0.1, 0.15) is 67.7 Å². The van der Waals surface area contributed by atoms with E-state index in [0.29, 0.717) is 0 Å². The summed E-state index contributed by atoms with van der Waals surface area (Å²) in [5.74, 6) is 0.766. The van der Waals surface area contributed by atoms with E-state index in [9.17, 15) is 9.59 Å². The van der Waals surface area contributed by atoms with Gasteiger partial charge in [0.2, 0.25) is 5.91 Å². The van der Waals surface area contributed by atoms with Crippen LogP contribution in [0.3, 0.4) is 0 Å². The van der Waals surface area contributed by atoms with Crippen LogP contribution in [0.5, 0.6) is 0 Å². The molecule has 0 spiro atoms. The summed E-state index contributed by atoms with van der Waals surface area (Å²) in [6, 6.07) is 7.60. The average Bonchev–Trinajstić information content (AvgIpc) is 3.00. The number of thioether (sulfide) groups is 1. The van der Waals surface area contributed by atoms with Gasteiger partial charge in [0.25, 0.3) is 5.91 Å². The minimum absolute atomic E-state index is 0.00362. The fraction of sp³-hybridized carbons (Fsp3) is 0.600. The van der Waals surface area contributed by atoms with Crippen molar-refractivity contribution in [1.82, 2.24) is 10.2 Å². The summed E-state index contributed by atoms with van der Waals surface area (Å²) in [5, 5.41) is 3.21. The number of carbonyl (C=O) groups excluding carboxylic acids is 2. The summed E-state index contributed by atoms with van der Waals surface area (Å²) >= 11 is 1.73. The largest absolute Gasteiger partial charge is 0.352 e. The van der Waals surface area contributed by atoms with Gasteiger partial charge >= 0.3 is 0 Å². The third-order valence-corrected chi connectivity index (χ3v) is 7.44. The highest BCUT2D eigenvalue weighted by molar-refractivity contribution is 8.01. The Hall–Kier alpha value is -1.49. The van der Waals surface area contributed by atoms with Gasteiger partial charge in [-0.05, 0) is 57.1 Å². The SMILES string of the molecule is CC1CCC(NC(=O)C2N3C(=O)c4ccccc4C3SC2(C)C)CC1. The minimum atomic E-state index is -0.415. The maximum atomic E-state index is 13.1. The van der Waals surface area contributed by atoms with Crippen molar-refractivity contribution in [2.24, 2.45) is 5.92 Å². The Morgan fingerprint density at radius 2 is 1.88 bits per heavy atom. The van der Waals surface area contributed by atoms with E-state index in [4.69, 9.17) is 0 Å². The number of nitrogens with one attached hydrogen (secondary N) is 1. The summed E-state index contributed by atoms with van der Waals surface area (Å²) in [7, 11) is 0. The second kappa shape index (κ2) is 6.04. The smallest absolute Gasteiger partial charge is 0.256 e. The van der Waals surface area contributed by atoms with Gasteiger partial charge in [0.05, 0.1) is 0 Å². The number of benzene rings is 1. The first-order chi connectivity index (χ1) is 11.9. The van der Waals surface area contributed by atoms with Crippen LogP contribution in [-0.4, -0.2) is 33.5 Å². The molecule has 0 radical (unpaired) electrons. The fourth-order valence-corrected chi connectivity index (χ4v) is 6.08. The molecule has 3 aliphatic rings. The predicted octanol–water partition coefficient (Wildman–Crippen LogP) is 3.73. The van der Waals surface area contributed by atoms with Crippen molar-refractivity contribution >= 4 is 23.6 Å². The van der Waals surface area contributed by atoms with Crippen molar-refractivity contribution in [3.63, 3.8) is 0 Å². The van der Waals surface area contributed by atoms with Crippen molar-refractivity contribution in [2.45, 2.75) is 68.7 Å². The van der Waals surface area contributed by atoms with Gasteiger partial charge in [-0.1, -0.05) is 25.1 Å². The van der Waals surface area contributed by atoms with E-state index in [1.165, 1.54) is 12.8 Å². The predicted molar refractivity (Wildman–Crippen MR) is 100 cm³/mol. The molecule has 2 atom stereocenters. The molecule has 2 aliphatic heterocycles. The maximum Gasteiger partial charge on any atom is 0.256 e. The van der Waals surface area contributed by atoms with E-state index in [2.05, 4.69) is 26.1 Å². The van der Waals surface area contributed by atoms with Crippen LogP contribution in [0, 0.1) is 5.92 Å². The number of carbonyl (C=O) groups is 2. The first-order valence-electron chi connectivity index (χ1n) is 9.28. The Morgan fingerprint density at radius 3 is 2.60 bits per heavy atom. The van der Waals surface area contributed by atoms with Gasteiger partial charge in [0, 0.05) is 16.4 Å². The molecule has 2 fully saturated rings. The standard InChI is InChI=1S/C20H26N2O2S/c1-12-8-10-13(11-9-12)21-17(23)16-20(2,3)25-19-15-7-5-4-6-14(15)18(24)22(16)19/h4-7,12-13,16,19H,8-11H2,1-3H3,(H,21,23). The van der Waals surface area contributed by atoms with Crippen LogP contribution >= 0.6 is 11.8 Å². The summed E-state index contributed by atoms with van der Waals surface area (Å²) in [6.45, 7) is 6.44. The molecular formula is C20H26N2O2S. The second-order valence-electron chi connectivity index (χ2n) is 8.24. The maximum absolute atomic E-state index is 13.1. The molecule has 1 N–H and O–H groups in total.